The zero-order valence-electron chi connectivity index (χ0n) is 13.8. The monoisotopic (exact) mass is 329 g/mol. The summed E-state index contributed by atoms with van der Waals surface area (Å²) in [5.41, 5.74) is 2.19. The van der Waals surface area contributed by atoms with E-state index in [-0.39, 0.29) is 5.91 Å². The zero-order chi connectivity index (χ0) is 16.2. The lowest BCUT2D eigenvalue weighted by atomic mass is 10.0. The highest BCUT2D eigenvalue weighted by molar-refractivity contribution is 7.10. The second kappa shape index (κ2) is 7.28. The second-order valence-electron chi connectivity index (χ2n) is 6.62. The van der Waals surface area contributed by atoms with Crippen molar-refractivity contribution in [3.63, 3.8) is 0 Å². The van der Waals surface area contributed by atoms with Crippen molar-refractivity contribution in [2.24, 2.45) is 0 Å². The molecule has 0 radical (unpaired) electrons. The van der Waals surface area contributed by atoms with Gasteiger partial charge in [0.2, 0.25) is 0 Å². The molecule has 0 bridgehead atoms. The molecule has 1 aliphatic rings. The number of hydrogen-bond donors (Lipinski definition) is 2. The molecule has 1 aromatic carbocycles. The number of rotatable bonds is 5. The summed E-state index contributed by atoms with van der Waals surface area (Å²) >= 11 is 1.81. The highest BCUT2D eigenvalue weighted by atomic mass is 32.1. The first-order valence-corrected chi connectivity index (χ1v) is 9.29. The van der Waals surface area contributed by atoms with Crippen molar-refractivity contribution in [3.05, 3.63) is 52.2 Å². The van der Waals surface area contributed by atoms with Gasteiger partial charge >= 0.3 is 0 Å². The number of nitrogens with one attached hydrogen (secondary N) is 2. The van der Waals surface area contributed by atoms with Crippen molar-refractivity contribution in [1.82, 2.24) is 0 Å². The minimum absolute atomic E-state index is 0.112. The highest BCUT2D eigenvalue weighted by Gasteiger charge is 2.32. The van der Waals surface area contributed by atoms with Crippen LogP contribution in [0.3, 0.4) is 0 Å². The maximum atomic E-state index is 12.4. The van der Waals surface area contributed by atoms with E-state index < -0.39 is 0 Å². The molecule has 1 unspecified atom stereocenters. The summed E-state index contributed by atoms with van der Waals surface area (Å²) in [5.74, 6) is 0.626. The van der Waals surface area contributed by atoms with Crippen molar-refractivity contribution < 1.29 is 9.69 Å². The molecule has 2 atom stereocenters. The third kappa shape index (κ3) is 4.01. The molecule has 1 aliphatic heterocycles. The van der Waals surface area contributed by atoms with Crippen LogP contribution in [0.25, 0.3) is 0 Å². The Bertz CT molecular complexity index is 634. The van der Waals surface area contributed by atoms with Crippen molar-refractivity contribution >= 4 is 22.9 Å². The fourth-order valence-electron chi connectivity index (χ4n) is 3.32. The van der Waals surface area contributed by atoms with Gasteiger partial charge in [-0.05, 0) is 35.1 Å². The Hall–Kier alpha value is -1.65. The van der Waals surface area contributed by atoms with Crippen LogP contribution < -0.4 is 10.2 Å². The van der Waals surface area contributed by atoms with E-state index in [1.807, 2.05) is 12.1 Å². The third-order valence-electron chi connectivity index (χ3n) is 4.62. The number of likely N-dealkylation sites (tertiary alicyclic amines) is 1. The van der Waals surface area contributed by atoms with Crippen LogP contribution in [0.2, 0.25) is 0 Å². The molecule has 3 rings (SSSR count). The molecule has 1 amide bonds. The van der Waals surface area contributed by atoms with Crippen LogP contribution in [-0.4, -0.2) is 19.0 Å². The topological polar surface area (TPSA) is 33.5 Å². The van der Waals surface area contributed by atoms with Gasteiger partial charge in [-0.3, -0.25) is 4.79 Å². The van der Waals surface area contributed by atoms with Gasteiger partial charge in [0.05, 0.1) is 11.4 Å². The number of amides is 1. The smallest absolute Gasteiger partial charge is 0.279 e. The van der Waals surface area contributed by atoms with Crippen LogP contribution >= 0.6 is 11.3 Å². The van der Waals surface area contributed by atoms with Gasteiger partial charge in [0.25, 0.3) is 5.91 Å². The fourth-order valence-corrected chi connectivity index (χ4v) is 4.24. The zero-order valence-corrected chi connectivity index (χ0v) is 14.7. The number of anilines is 1. The van der Waals surface area contributed by atoms with Gasteiger partial charge in [-0.25, -0.2) is 0 Å². The van der Waals surface area contributed by atoms with E-state index in [1.54, 1.807) is 11.3 Å². The normalized spacial score (nSPS) is 20.8. The number of carbonyl (C=O) groups excluding carboxylic acids is 1. The van der Waals surface area contributed by atoms with Crippen LogP contribution in [0, 0.1) is 0 Å². The Morgan fingerprint density at radius 1 is 1.30 bits per heavy atom. The van der Waals surface area contributed by atoms with Gasteiger partial charge in [-0.2, -0.15) is 0 Å². The van der Waals surface area contributed by atoms with E-state index in [9.17, 15) is 4.79 Å². The summed E-state index contributed by atoms with van der Waals surface area (Å²) < 4.78 is 0. The summed E-state index contributed by atoms with van der Waals surface area (Å²) in [6, 6.07) is 13.0. The van der Waals surface area contributed by atoms with Crippen LogP contribution in [0.5, 0.6) is 0 Å². The lowest BCUT2D eigenvalue weighted by molar-refractivity contribution is -0.910. The van der Waals surface area contributed by atoms with Crippen molar-refractivity contribution in [2.75, 3.05) is 18.4 Å². The SMILES string of the molecule is CC(C)c1ccc(NC(=O)C[NH+]2CCC[C@H]2c2cccs2)cc1. The molecule has 1 saturated heterocycles. The van der Waals surface area contributed by atoms with Crippen LogP contribution in [-0.2, 0) is 4.79 Å². The molecule has 0 spiro atoms. The van der Waals surface area contributed by atoms with Crippen molar-refractivity contribution in [3.8, 4) is 0 Å². The molecule has 1 aromatic heterocycles. The number of quaternary nitrogens is 1. The Kier molecular flexibility index (Phi) is 5.13. The van der Waals surface area contributed by atoms with E-state index in [4.69, 9.17) is 0 Å². The molecule has 122 valence electrons. The van der Waals surface area contributed by atoms with Gasteiger partial charge in [-0.15, -0.1) is 11.3 Å². The summed E-state index contributed by atoms with van der Waals surface area (Å²) in [5, 5.41) is 5.17. The van der Waals surface area contributed by atoms with E-state index >= 15 is 0 Å². The second-order valence-corrected chi connectivity index (χ2v) is 7.60. The van der Waals surface area contributed by atoms with Crippen LogP contribution in [0.4, 0.5) is 5.69 Å². The fraction of sp³-hybridized carbons (Fsp3) is 0.421. The average Bonchev–Trinajstić information content (AvgIpc) is 3.18. The third-order valence-corrected chi connectivity index (χ3v) is 5.60. The van der Waals surface area contributed by atoms with Crippen LogP contribution in [0.15, 0.2) is 41.8 Å². The Morgan fingerprint density at radius 2 is 2.09 bits per heavy atom. The first-order valence-electron chi connectivity index (χ1n) is 8.41. The van der Waals surface area contributed by atoms with Crippen molar-refractivity contribution in [2.45, 2.75) is 38.6 Å². The number of hydrogen-bond acceptors (Lipinski definition) is 2. The van der Waals surface area contributed by atoms with Gasteiger partial charge in [-0.1, -0.05) is 32.0 Å². The summed E-state index contributed by atoms with van der Waals surface area (Å²) in [7, 11) is 0. The Labute approximate surface area is 142 Å². The molecule has 4 heteroatoms. The quantitative estimate of drug-likeness (QED) is 0.867. The van der Waals surface area contributed by atoms with Crippen LogP contribution in [0.1, 0.15) is 49.1 Å². The summed E-state index contributed by atoms with van der Waals surface area (Å²) in [4.78, 5) is 15.2. The number of benzene rings is 1. The first-order chi connectivity index (χ1) is 11.1. The van der Waals surface area contributed by atoms with Gasteiger partial charge in [0.15, 0.2) is 6.54 Å². The maximum absolute atomic E-state index is 12.4. The molecular weight excluding hydrogens is 304 g/mol. The van der Waals surface area contributed by atoms with E-state index in [0.717, 1.165) is 12.2 Å². The standard InChI is InChI=1S/C19H24N2OS/c1-14(2)15-7-9-16(10-8-15)20-19(22)13-21-11-3-5-17(21)18-6-4-12-23-18/h4,6-10,12,14,17H,3,5,11,13H2,1-2H3,(H,20,22)/p+1/t17-/m0/s1. The molecule has 2 heterocycles. The molecule has 3 nitrogen and oxygen atoms in total. The summed E-state index contributed by atoms with van der Waals surface area (Å²) in [6.07, 6.45) is 2.39. The number of carbonyl (C=O) groups is 1. The van der Waals surface area contributed by atoms with Gasteiger partial charge in [0, 0.05) is 18.5 Å². The van der Waals surface area contributed by atoms with E-state index in [2.05, 4.69) is 48.8 Å². The Morgan fingerprint density at radius 3 is 2.74 bits per heavy atom. The van der Waals surface area contributed by atoms with E-state index in [0.29, 0.717) is 18.5 Å². The average molecular weight is 329 g/mol. The first kappa shape index (κ1) is 16.2. The predicted molar refractivity (Wildman–Crippen MR) is 96.2 cm³/mol. The summed E-state index contributed by atoms with van der Waals surface area (Å²) in [6.45, 7) is 5.99. The molecule has 1 fully saturated rings. The minimum atomic E-state index is 0.112. The van der Waals surface area contributed by atoms with Gasteiger partial charge in [0.1, 0.15) is 6.04 Å². The lowest BCUT2D eigenvalue weighted by Crippen LogP contribution is -3.11. The largest absolute Gasteiger partial charge is 0.321 e. The highest BCUT2D eigenvalue weighted by Crippen LogP contribution is 2.23. The predicted octanol–water partition coefficient (Wildman–Crippen LogP) is 3.23. The molecule has 2 N–H and O–H groups in total. The van der Waals surface area contributed by atoms with E-state index in [1.165, 1.54) is 28.2 Å². The molecule has 0 saturated carbocycles. The molecular formula is C19H25N2OS+. The molecule has 23 heavy (non-hydrogen) atoms. The molecule has 2 aromatic rings. The molecule has 0 aliphatic carbocycles. The number of thiophene rings is 1. The van der Waals surface area contributed by atoms with Crippen molar-refractivity contribution in [1.29, 1.82) is 0 Å². The minimum Gasteiger partial charge on any atom is -0.321 e. The Balaban J connectivity index is 1.58. The maximum Gasteiger partial charge on any atom is 0.279 e. The van der Waals surface area contributed by atoms with Gasteiger partial charge < -0.3 is 10.2 Å². The lowest BCUT2D eigenvalue weighted by Gasteiger charge is -2.20.